The molecule has 2 aromatic rings. The Kier molecular flexibility index (Phi) is 4.47. The van der Waals surface area contributed by atoms with Crippen LogP contribution >= 0.6 is 0 Å². The molecule has 0 unspecified atom stereocenters. The van der Waals surface area contributed by atoms with Crippen molar-refractivity contribution in [1.29, 1.82) is 5.26 Å². The molecule has 2 heterocycles. The highest BCUT2D eigenvalue weighted by molar-refractivity contribution is 5.31. The highest BCUT2D eigenvalue weighted by atomic mass is 16.3. The van der Waals surface area contributed by atoms with Crippen LogP contribution in [0.5, 0.6) is 0 Å². The topological polar surface area (TPSA) is 60.2 Å². The number of benzene rings is 1. The van der Waals surface area contributed by atoms with Crippen LogP contribution in [0.4, 0.5) is 0 Å². The number of hydrogen-bond donors (Lipinski definition) is 1. The molecular formula is C18H19N3O. The molecule has 0 saturated carbocycles. The summed E-state index contributed by atoms with van der Waals surface area (Å²) in [7, 11) is 0. The van der Waals surface area contributed by atoms with E-state index in [9.17, 15) is 5.11 Å². The zero-order chi connectivity index (χ0) is 15.4. The summed E-state index contributed by atoms with van der Waals surface area (Å²) in [4.78, 5) is 6.80. The predicted molar refractivity (Wildman–Crippen MR) is 84.0 cm³/mol. The smallest absolute Gasteiger partial charge is 0.0991 e. The van der Waals surface area contributed by atoms with E-state index >= 15 is 0 Å². The molecule has 3 rings (SSSR count). The number of likely N-dealkylation sites (tertiary alicyclic amines) is 1. The highest BCUT2D eigenvalue weighted by Gasteiger charge is 2.33. The van der Waals surface area contributed by atoms with Gasteiger partial charge in [-0.1, -0.05) is 18.2 Å². The molecule has 0 radical (unpaired) electrons. The maximum absolute atomic E-state index is 9.66. The lowest BCUT2D eigenvalue weighted by Gasteiger charge is -2.16. The van der Waals surface area contributed by atoms with Crippen LogP contribution in [-0.4, -0.2) is 34.7 Å². The molecule has 0 aliphatic carbocycles. The zero-order valence-electron chi connectivity index (χ0n) is 12.4. The van der Waals surface area contributed by atoms with Crippen molar-refractivity contribution in [3.63, 3.8) is 0 Å². The van der Waals surface area contributed by atoms with E-state index in [2.05, 4.69) is 16.0 Å². The summed E-state index contributed by atoms with van der Waals surface area (Å²) in [6.45, 7) is 2.80. The molecule has 1 aliphatic heterocycles. The summed E-state index contributed by atoms with van der Waals surface area (Å²) >= 11 is 0. The van der Waals surface area contributed by atoms with E-state index in [1.54, 1.807) is 0 Å². The second kappa shape index (κ2) is 6.69. The lowest BCUT2D eigenvalue weighted by molar-refractivity contribution is 0.213. The minimum atomic E-state index is 0.186. The van der Waals surface area contributed by atoms with E-state index in [1.165, 1.54) is 5.56 Å². The summed E-state index contributed by atoms with van der Waals surface area (Å²) in [6, 6.07) is 15.8. The molecule has 1 aromatic heterocycles. The Labute approximate surface area is 130 Å². The van der Waals surface area contributed by atoms with Gasteiger partial charge >= 0.3 is 0 Å². The van der Waals surface area contributed by atoms with Gasteiger partial charge in [0.15, 0.2) is 0 Å². The average Bonchev–Trinajstić information content (AvgIpc) is 2.99. The molecule has 1 fully saturated rings. The van der Waals surface area contributed by atoms with Gasteiger partial charge in [0.2, 0.25) is 0 Å². The number of aliphatic hydroxyl groups is 1. The van der Waals surface area contributed by atoms with Gasteiger partial charge in [-0.25, -0.2) is 0 Å². The minimum absolute atomic E-state index is 0.186. The maximum atomic E-state index is 9.66. The Morgan fingerprint density at radius 2 is 2.00 bits per heavy atom. The summed E-state index contributed by atoms with van der Waals surface area (Å²) in [5.74, 6) is 0.512. The molecule has 1 saturated heterocycles. The Morgan fingerprint density at radius 3 is 2.64 bits per heavy atom. The fraction of sp³-hybridized carbons (Fsp3) is 0.333. The summed E-state index contributed by atoms with van der Waals surface area (Å²) in [5, 5.41) is 18.5. The van der Waals surface area contributed by atoms with Gasteiger partial charge < -0.3 is 5.11 Å². The molecule has 0 bridgehead atoms. The van der Waals surface area contributed by atoms with Gasteiger partial charge in [0.05, 0.1) is 11.6 Å². The van der Waals surface area contributed by atoms with Crippen LogP contribution in [0.3, 0.4) is 0 Å². The van der Waals surface area contributed by atoms with Gasteiger partial charge in [-0.3, -0.25) is 9.88 Å². The molecule has 1 N–H and O–H groups in total. The Morgan fingerprint density at radius 1 is 1.18 bits per heavy atom. The second-order valence-electron chi connectivity index (χ2n) is 5.81. The van der Waals surface area contributed by atoms with Gasteiger partial charge in [0, 0.05) is 50.0 Å². The first-order valence-electron chi connectivity index (χ1n) is 7.53. The van der Waals surface area contributed by atoms with Crippen molar-refractivity contribution in [1.82, 2.24) is 9.88 Å². The van der Waals surface area contributed by atoms with Crippen molar-refractivity contribution in [2.24, 2.45) is 5.92 Å². The van der Waals surface area contributed by atoms with E-state index in [4.69, 9.17) is 5.26 Å². The lowest BCUT2D eigenvalue weighted by atomic mass is 9.93. The third-order valence-corrected chi connectivity index (χ3v) is 4.31. The van der Waals surface area contributed by atoms with Crippen molar-refractivity contribution < 1.29 is 5.11 Å². The SMILES string of the molecule is N#Cc1ccc(CN2C[C@@H](CO)[C@H](c3ccccn3)C2)cc1. The number of hydrogen-bond acceptors (Lipinski definition) is 4. The van der Waals surface area contributed by atoms with Crippen molar-refractivity contribution in [2.45, 2.75) is 12.5 Å². The Bertz CT molecular complexity index is 648. The van der Waals surface area contributed by atoms with E-state index in [1.807, 2.05) is 48.7 Å². The largest absolute Gasteiger partial charge is 0.396 e. The van der Waals surface area contributed by atoms with E-state index in [-0.39, 0.29) is 18.4 Å². The third-order valence-electron chi connectivity index (χ3n) is 4.31. The van der Waals surface area contributed by atoms with Gasteiger partial charge in [0.1, 0.15) is 0 Å². The summed E-state index contributed by atoms with van der Waals surface area (Å²) in [6.07, 6.45) is 1.81. The van der Waals surface area contributed by atoms with E-state index in [0.717, 1.165) is 25.3 Å². The van der Waals surface area contributed by atoms with E-state index < -0.39 is 0 Å². The fourth-order valence-corrected chi connectivity index (χ4v) is 3.15. The molecular weight excluding hydrogens is 274 g/mol. The lowest BCUT2D eigenvalue weighted by Crippen LogP contribution is -2.20. The minimum Gasteiger partial charge on any atom is -0.396 e. The Balaban J connectivity index is 1.70. The molecule has 4 heteroatoms. The quantitative estimate of drug-likeness (QED) is 0.938. The highest BCUT2D eigenvalue weighted by Crippen LogP contribution is 2.32. The van der Waals surface area contributed by atoms with Gasteiger partial charge in [0.25, 0.3) is 0 Å². The monoisotopic (exact) mass is 293 g/mol. The molecule has 4 nitrogen and oxygen atoms in total. The maximum Gasteiger partial charge on any atom is 0.0991 e. The Hall–Kier alpha value is -2.22. The van der Waals surface area contributed by atoms with Crippen molar-refractivity contribution >= 4 is 0 Å². The van der Waals surface area contributed by atoms with Gasteiger partial charge in [-0.15, -0.1) is 0 Å². The van der Waals surface area contributed by atoms with Crippen LogP contribution in [0, 0.1) is 17.2 Å². The predicted octanol–water partition coefficient (Wildman–Crippen LogP) is 2.16. The average molecular weight is 293 g/mol. The van der Waals surface area contributed by atoms with Gasteiger partial charge in [-0.05, 0) is 29.8 Å². The van der Waals surface area contributed by atoms with Crippen molar-refractivity contribution in [3.8, 4) is 6.07 Å². The first-order valence-corrected chi connectivity index (χ1v) is 7.53. The van der Waals surface area contributed by atoms with Crippen LogP contribution in [0.1, 0.15) is 22.7 Å². The molecule has 112 valence electrons. The van der Waals surface area contributed by atoms with Crippen LogP contribution in [0.25, 0.3) is 0 Å². The van der Waals surface area contributed by atoms with Crippen LogP contribution in [-0.2, 0) is 6.54 Å². The number of aromatic nitrogens is 1. The van der Waals surface area contributed by atoms with E-state index in [0.29, 0.717) is 5.56 Å². The first-order chi connectivity index (χ1) is 10.8. The molecule has 1 aromatic carbocycles. The number of aliphatic hydroxyl groups excluding tert-OH is 1. The number of nitriles is 1. The van der Waals surface area contributed by atoms with Crippen LogP contribution < -0.4 is 0 Å². The standard InChI is InChI=1S/C18H19N3O/c19-9-14-4-6-15(7-5-14)10-21-11-16(13-22)17(12-21)18-3-1-2-8-20-18/h1-8,16-17,22H,10-13H2/t16-,17+/m0/s1. The summed E-state index contributed by atoms with van der Waals surface area (Å²) in [5.41, 5.74) is 2.94. The first kappa shape index (κ1) is 14.7. The summed E-state index contributed by atoms with van der Waals surface area (Å²) < 4.78 is 0. The second-order valence-corrected chi connectivity index (χ2v) is 5.81. The molecule has 2 atom stereocenters. The number of pyridine rings is 1. The molecule has 22 heavy (non-hydrogen) atoms. The van der Waals surface area contributed by atoms with Gasteiger partial charge in [-0.2, -0.15) is 5.26 Å². The third kappa shape index (κ3) is 3.16. The van der Waals surface area contributed by atoms with Crippen LogP contribution in [0.2, 0.25) is 0 Å². The fourth-order valence-electron chi connectivity index (χ4n) is 3.15. The molecule has 1 aliphatic rings. The number of nitrogens with zero attached hydrogens (tertiary/aromatic N) is 3. The van der Waals surface area contributed by atoms with Crippen LogP contribution in [0.15, 0.2) is 48.7 Å². The van der Waals surface area contributed by atoms with Crippen molar-refractivity contribution in [3.05, 3.63) is 65.5 Å². The normalized spacial score (nSPS) is 21.6. The molecule has 0 spiro atoms. The number of rotatable bonds is 4. The molecule has 0 amide bonds. The van der Waals surface area contributed by atoms with Crippen molar-refractivity contribution in [2.75, 3.05) is 19.7 Å². The zero-order valence-corrected chi connectivity index (χ0v) is 12.4.